The molecular weight excluding hydrogens is 527 g/mol. The van der Waals surface area contributed by atoms with Crippen LogP contribution in [-0.2, 0) is 14.3 Å². The molecule has 2 N–H and O–H groups in total. The van der Waals surface area contributed by atoms with Gasteiger partial charge in [0.05, 0.1) is 35.7 Å². The number of ether oxygens (including phenoxy) is 3. The number of nitrogens with zero attached hydrogens (tertiary/aromatic N) is 4. The van der Waals surface area contributed by atoms with Crippen molar-refractivity contribution in [2.24, 2.45) is 5.41 Å². The summed E-state index contributed by atoms with van der Waals surface area (Å²) in [6.45, 7) is 3.59. The van der Waals surface area contributed by atoms with E-state index < -0.39 is 11.7 Å². The molecule has 11 heteroatoms. The van der Waals surface area contributed by atoms with Gasteiger partial charge in [-0.1, -0.05) is 18.2 Å². The van der Waals surface area contributed by atoms with Gasteiger partial charge in [0.25, 0.3) is 0 Å². The molecule has 1 amide bonds. The van der Waals surface area contributed by atoms with Crippen molar-refractivity contribution in [1.29, 1.82) is 0 Å². The van der Waals surface area contributed by atoms with Crippen LogP contribution in [-0.4, -0.2) is 71.1 Å². The molecule has 0 bridgehead atoms. The van der Waals surface area contributed by atoms with E-state index in [1.54, 1.807) is 24.4 Å². The van der Waals surface area contributed by atoms with Crippen LogP contribution in [0.2, 0.25) is 0 Å². The van der Waals surface area contributed by atoms with Crippen molar-refractivity contribution in [3.63, 3.8) is 0 Å². The summed E-state index contributed by atoms with van der Waals surface area (Å²) in [5.41, 5.74) is 1.45. The molecule has 1 saturated heterocycles. The van der Waals surface area contributed by atoms with Crippen LogP contribution in [0, 0.1) is 11.2 Å². The lowest BCUT2D eigenvalue weighted by Gasteiger charge is -2.35. The van der Waals surface area contributed by atoms with Crippen molar-refractivity contribution >= 4 is 5.91 Å². The van der Waals surface area contributed by atoms with Crippen molar-refractivity contribution in [2.45, 2.75) is 19.6 Å². The van der Waals surface area contributed by atoms with Gasteiger partial charge in [-0.2, -0.15) is 4.98 Å². The molecule has 4 aromatic rings. The van der Waals surface area contributed by atoms with Gasteiger partial charge in [0, 0.05) is 18.3 Å². The van der Waals surface area contributed by atoms with Gasteiger partial charge in [-0.25, -0.2) is 14.4 Å². The van der Waals surface area contributed by atoms with Crippen LogP contribution < -0.4 is 10.1 Å². The highest BCUT2D eigenvalue weighted by atomic mass is 19.1. The predicted octanol–water partition coefficient (Wildman–Crippen LogP) is 4.58. The smallest absolute Gasteiger partial charge is 0.322 e. The molecule has 1 fully saturated rings. The first-order valence-electron chi connectivity index (χ1n) is 13.4. The highest BCUT2D eigenvalue weighted by molar-refractivity contribution is 5.82. The third-order valence-electron chi connectivity index (χ3n) is 6.63. The van der Waals surface area contributed by atoms with E-state index >= 15 is 0 Å². The summed E-state index contributed by atoms with van der Waals surface area (Å²) in [6.07, 6.45) is 1.60. The summed E-state index contributed by atoms with van der Waals surface area (Å²) < 4.78 is 31.5. The molecule has 3 heterocycles. The lowest BCUT2D eigenvalue weighted by atomic mass is 9.91. The SMILES string of the molecule is CN(C)CCCNC(=O)C1(C)COC(c2nc(-c3ccc(F)cc3)c(-c3ccnc(Oc4ccccc4)n3)[nH]2)OC1. The normalized spacial score (nSPS) is 18.8. The zero-order chi connectivity index (χ0) is 28.8. The molecule has 0 atom stereocenters. The van der Waals surface area contributed by atoms with Crippen LogP contribution in [0.5, 0.6) is 11.8 Å². The molecule has 0 spiro atoms. The van der Waals surface area contributed by atoms with Gasteiger partial charge in [-0.15, -0.1) is 0 Å². The second kappa shape index (κ2) is 12.5. The van der Waals surface area contributed by atoms with Crippen LogP contribution >= 0.6 is 0 Å². The molecular formula is C30H33FN6O4. The average molecular weight is 561 g/mol. The first-order valence-corrected chi connectivity index (χ1v) is 13.4. The van der Waals surface area contributed by atoms with Crippen molar-refractivity contribution in [1.82, 2.24) is 30.2 Å². The molecule has 214 valence electrons. The summed E-state index contributed by atoms with van der Waals surface area (Å²) in [6, 6.07) is 17.1. The molecule has 0 saturated carbocycles. The molecule has 2 aromatic carbocycles. The molecule has 1 aliphatic rings. The number of H-pyrrole nitrogens is 1. The van der Waals surface area contributed by atoms with E-state index in [0.717, 1.165) is 13.0 Å². The van der Waals surface area contributed by atoms with Gasteiger partial charge in [0.1, 0.15) is 11.6 Å². The monoisotopic (exact) mass is 560 g/mol. The van der Waals surface area contributed by atoms with E-state index in [0.29, 0.717) is 40.8 Å². The van der Waals surface area contributed by atoms with E-state index in [9.17, 15) is 9.18 Å². The second-order valence-corrected chi connectivity index (χ2v) is 10.4. The molecule has 0 radical (unpaired) electrons. The fraction of sp³-hybridized carbons (Fsp3) is 0.333. The van der Waals surface area contributed by atoms with E-state index in [4.69, 9.17) is 19.2 Å². The maximum atomic E-state index is 13.7. The van der Waals surface area contributed by atoms with Gasteiger partial charge in [0.2, 0.25) is 12.2 Å². The summed E-state index contributed by atoms with van der Waals surface area (Å²) in [5, 5.41) is 2.98. The first kappa shape index (κ1) is 28.3. The number of amides is 1. The number of halogens is 1. The number of carbonyl (C=O) groups is 1. The minimum absolute atomic E-state index is 0.117. The number of benzene rings is 2. The average Bonchev–Trinajstić information content (AvgIpc) is 3.42. The van der Waals surface area contributed by atoms with Crippen molar-refractivity contribution in [3.05, 3.63) is 78.5 Å². The van der Waals surface area contributed by atoms with E-state index in [-0.39, 0.29) is 30.9 Å². The summed E-state index contributed by atoms with van der Waals surface area (Å²) in [7, 11) is 3.99. The van der Waals surface area contributed by atoms with Crippen LogP contribution in [0.1, 0.15) is 25.5 Å². The Hall–Kier alpha value is -4.19. The number of para-hydroxylation sites is 1. The Labute approximate surface area is 237 Å². The Balaban J connectivity index is 1.36. The van der Waals surface area contributed by atoms with Crippen molar-refractivity contribution in [2.75, 3.05) is 40.4 Å². The lowest BCUT2D eigenvalue weighted by molar-refractivity contribution is -0.231. The molecule has 2 aromatic heterocycles. The van der Waals surface area contributed by atoms with Gasteiger partial charge in [0.15, 0.2) is 5.82 Å². The first-order chi connectivity index (χ1) is 19.8. The third-order valence-corrected chi connectivity index (χ3v) is 6.63. The Bertz CT molecular complexity index is 1450. The molecule has 1 aliphatic heterocycles. The van der Waals surface area contributed by atoms with Gasteiger partial charge in [-0.3, -0.25) is 4.79 Å². The lowest BCUT2D eigenvalue weighted by Crippen LogP contribution is -2.49. The van der Waals surface area contributed by atoms with Gasteiger partial charge >= 0.3 is 6.01 Å². The van der Waals surface area contributed by atoms with Crippen LogP contribution in [0.15, 0.2) is 66.9 Å². The Morgan fingerprint density at radius 3 is 2.54 bits per heavy atom. The highest BCUT2D eigenvalue weighted by Gasteiger charge is 2.40. The molecule has 0 aliphatic carbocycles. The number of imidazole rings is 1. The quantitative estimate of drug-likeness (QED) is 0.271. The van der Waals surface area contributed by atoms with Gasteiger partial charge in [-0.05, 0) is 76.4 Å². The number of carbonyl (C=O) groups excluding carboxylic acids is 1. The number of hydrogen-bond acceptors (Lipinski definition) is 8. The van der Waals surface area contributed by atoms with E-state index in [2.05, 4.69) is 25.2 Å². The number of rotatable bonds is 10. The fourth-order valence-electron chi connectivity index (χ4n) is 4.34. The standard InChI is InChI=1S/C30H33FN6O4/c1-30(28(38)32-15-7-17-37(2)3)18-39-27(40-19-30)26-35-24(20-10-12-21(31)13-11-20)25(36-26)23-14-16-33-29(34-23)41-22-8-5-4-6-9-22/h4-6,8-14,16,27H,7,15,17-19H2,1-3H3,(H,32,38)(H,35,36). The Morgan fingerprint density at radius 2 is 1.83 bits per heavy atom. The molecule has 41 heavy (non-hydrogen) atoms. The number of aromatic amines is 1. The van der Waals surface area contributed by atoms with Crippen molar-refractivity contribution < 1.29 is 23.4 Å². The zero-order valence-corrected chi connectivity index (χ0v) is 23.3. The van der Waals surface area contributed by atoms with Crippen LogP contribution in [0.3, 0.4) is 0 Å². The highest BCUT2D eigenvalue weighted by Crippen LogP contribution is 2.36. The van der Waals surface area contributed by atoms with Gasteiger partial charge < -0.3 is 29.4 Å². The summed E-state index contributed by atoms with van der Waals surface area (Å²) >= 11 is 0. The van der Waals surface area contributed by atoms with E-state index in [1.807, 2.05) is 51.4 Å². The number of hydrogen-bond donors (Lipinski definition) is 2. The molecule has 10 nitrogen and oxygen atoms in total. The number of aromatic nitrogens is 4. The maximum absolute atomic E-state index is 13.7. The maximum Gasteiger partial charge on any atom is 0.322 e. The second-order valence-electron chi connectivity index (χ2n) is 10.4. The van der Waals surface area contributed by atoms with Crippen molar-refractivity contribution in [3.8, 4) is 34.4 Å². The minimum atomic E-state index is -0.834. The molecule has 0 unspecified atom stereocenters. The Kier molecular flexibility index (Phi) is 8.67. The Morgan fingerprint density at radius 1 is 1.10 bits per heavy atom. The van der Waals surface area contributed by atoms with Crippen LogP contribution in [0.4, 0.5) is 4.39 Å². The number of nitrogens with one attached hydrogen (secondary N) is 2. The fourth-order valence-corrected chi connectivity index (χ4v) is 4.34. The largest absolute Gasteiger partial charge is 0.424 e. The third kappa shape index (κ3) is 6.94. The van der Waals surface area contributed by atoms with E-state index in [1.165, 1.54) is 12.1 Å². The van der Waals surface area contributed by atoms with Crippen LogP contribution in [0.25, 0.3) is 22.6 Å². The summed E-state index contributed by atoms with van der Waals surface area (Å²) in [4.78, 5) is 31.8. The topological polar surface area (TPSA) is 114 Å². The molecule has 5 rings (SSSR count). The predicted molar refractivity (Wildman–Crippen MR) is 150 cm³/mol. The zero-order valence-electron chi connectivity index (χ0n) is 23.3. The minimum Gasteiger partial charge on any atom is -0.424 e. The summed E-state index contributed by atoms with van der Waals surface area (Å²) in [5.74, 6) is 0.526.